The van der Waals surface area contributed by atoms with Gasteiger partial charge >= 0.3 is 12.1 Å². The number of benzene rings is 2. The molecule has 0 radical (unpaired) electrons. The molecule has 35 heavy (non-hydrogen) atoms. The molecule has 1 heterocycles. The number of piperidine rings is 1. The molecule has 1 fully saturated rings. The Morgan fingerprint density at radius 1 is 1.09 bits per heavy atom. The molecule has 2 unspecified atom stereocenters. The number of hydrogen-bond donors (Lipinski definition) is 2. The number of nitrogens with zero attached hydrogens (tertiary/aromatic N) is 1. The Morgan fingerprint density at radius 3 is 2.37 bits per heavy atom. The van der Waals surface area contributed by atoms with Gasteiger partial charge in [0, 0.05) is 25.4 Å². The van der Waals surface area contributed by atoms with E-state index in [4.69, 9.17) is 9.84 Å². The lowest BCUT2D eigenvalue weighted by Crippen LogP contribution is -2.51. The number of aliphatic carboxylic acids is 1. The zero-order valence-corrected chi connectivity index (χ0v) is 19.6. The van der Waals surface area contributed by atoms with Crippen molar-refractivity contribution in [2.24, 2.45) is 5.92 Å². The second-order valence-electron chi connectivity index (χ2n) is 9.23. The highest BCUT2D eigenvalue weighted by Crippen LogP contribution is 2.44. The van der Waals surface area contributed by atoms with Crippen LogP contribution < -0.4 is 5.32 Å². The van der Waals surface area contributed by atoms with Crippen LogP contribution in [0.15, 0.2) is 48.5 Å². The smallest absolute Gasteiger partial charge is 0.407 e. The summed E-state index contributed by atoms with van der Waals surface area (Å²) >= 11 is 0. The molecular formula is C27H31FN2O5. The van der Waals surface area contributed by atoms with E-state index in [2.05, 4.69) is 5.32 Å². The third kappa shape index (κ3) is 5.81. The van der Waals surface area contributed by atoms with Crippen molar-refractivity contribution in [3.63, 3.8) is 0 Å². The number of hydrogen-bond acceptors (Lipinski definition) is 4. The predicted octanol–water partition coefficient (Wildman–Crippen LogP) is 4.36. The molecular weight excluding hydrogens is 451 g/mol. The van der Waals surface area contributed by atoms with Gasteiger partial charge in [-0.1, -0.05) is 48.5 Å². The van der Waals surface area contributed by atoms with Crippen molar-refractivity contribution >= 4 is 18.0 Å². The highest BCUT2D eigenvalue weighted by atomic mass is 19.1. The molecule has 0 spiro atoms. The van der Waals surface area contributed by atoms with Crippen molar-refractivity contribution < 1.29 is 28.6 Å². The Labute approximate surface area is 204 Å². The molecule has 2 N–H and O–H groups in total. The summed E-state index contributed by atoms with van der Waals surface area (Å²) in [6, 6.07) is 15.0. The Balaban J connectivity index is 1.41. The van der Waals surface area contributed by atoms with Crippen molar-refractivity contribution in [1.29, 1.82) is 0 Å². The standard InChI is InChI=1S/C27H31FN2O5/c28-14-13-18-6-5-15-30(16-18)26(33)24(11-12-25(31)32)29-27(34)35-17-23-21-9-3-1-7-19(21)20-8-2-4-10-22(20)23/h1-4,7-10,18,23-24H,5-6,11-17H2,(H,29,34)(H,31,32). The van der Waals surface area contributed by atoms with Gasteiger partial charge in [-0.15, -0.1) is 0 Å². The van der Waals surface area contributed by atoms with Gasteiger partial charge in [-0.3, -0.25) is 14.0 Å². The summed E-state index contributed by atoms with van der Waals surface area (Å²) in [6.45, 7) is 0.589. The maximum atomic E-state index is 13.2. The van der Waals surface area contributed by atoms with Crippen LogP contribution in [0.2, 0.25) is 0 Å². The Kier molecular flexibility index (Phi) is 8.00. The molecule has 1 saturated heterocycles. The number of alkyl carbamates (subject to hydrolysis) is 1. The van der Waals surface area contributed by atoms with Crippen LogP contribution in [0, 0.1) is 5.92 Å². The number of fused-ring (bicyclic) bond motifs is 3. The van der Waals surface area contributed by atoms with Crippen LogP contribution in [-0.4, -0.2) is 60.4 Å². The van der Waals surface area contributed by atoms with E-state index >= 15 is 0 Å². The number of amides is 2. The van der Waals surface area contributed by atoms with E-state index in [9.17, 15) is 18.8 Å². The molecule has 186 valence electrons. The lowest BCUT2D eigenvalue weighted by atomic mass is 9.94. The molecule has 2 aliphatic rings. The van der Waals surface area contributed by atoms with E-state index in [-0.39, 0.29) is 37.2 Å². The number of ether oxygens (including phenoxy) is 1. The van der Waals surface area contributed by atoms with Gasteiger partial charge in [0.05, 0.1) is 6.67 Å². The average Bonchev–Trinajstić information content (AvgIpc) is 3.19. The third-order valence-corrected chi connectivity index (χ3v) is 6.93. The largest absolute Gasteiger partial charge is 0.481 e. The zero-order valence-electron chi connectivity index (χ0n) is 19.6. The number of carboxylic acids is 1. The lowest BCUT2D eigenvalue weighted by Gasteiger charge is -2.34. The fourth-order valence-electron chi connectivity index (χ4n) is 5.18. The second-order valence-corrected chi connectivity index (χ2v) is 9.23. The maximum Gasteiger partial charge on any atom is 0.407 e. The first kappa shape index (κ1) is 24.7. The van der Waals surface area contributed by atoms with Crippen molar-refractivity contribution in [2.45, 2.75) is 44.1 Å². The molecule has 2 aromatic rings. The van der Waals surface area contributed by atoms with Crippen molar-refractivity contribution in [1.82, 2.24) is 10.2 Å². The first-order valence-corrected chi connectivity index (χ1v) is 12.2. The minimum Gasteiger partial charge on any atom is -0.481 e. The maximum absolute atomic E-state index is 13.2. The van der Waals surface area contributed by atoms with Crippen LogP contribution in [0.4, 0.5) is 9.18 Å². The van der Waals surface area contributed by atoms with Crippen LogP contribution in [0.3, 0.4) is 0 Å². The predicted molar refractivity (Wildman–Crippen MR) is 129 cm³/mol. The van der Waals surface area contributed by atoms with Gasteiger partial charge in [-0.2, -0.15) is 0 Å². The van der Waals surface area contributed by atoms with Gasteiger partial charge in [0.2, 0.25) is 5.91 Å². The van der Waals surface area contributed by atoms with Gasteiger partial charge in [0.15, 0.2) is 0 Å². The number of alkyl halides is 1. The average molecular weight is 483 g/mol. The molecule has 1 aliphatic heterocycles. The van der Waals surface area contributed by atoms with E-state index in [1.165, 1.54) is 0 Å². The molecule has 2 atom stereocenters. The summed E-state index contributed by atoms with van der Waals surface area (Å²) in [5, 5.41) is 11.7. The highest BCUT2D eigenvalue weighted by molar-refractivity contribution is 5.86. The van der Waals surface area contributed by atoms with E-state index < -0.39 is 24.8 Å². The van der Waals surface area contributed by atoms with Gasteiger partial charge in [0.25, 0.3) is 0 Å². The fraction of sp³-hybridized carbons (Fsp3) is 0.444. The SMILES string of the molecule is O=C(O)CCC(NC(=O)OCC1c2ccccc2-c2ccccc21)C(=O)N1CCCC(CCF)C1. The summed E-state index contributed by atoms with van der Waals surface area (Å²) in [5.74, 6) is -1.44. The quantitative estimate of drug-likeness (QED) is 0.554. The van der Waals surface area contributed by atoms with Crippen LogP contribution >= 0.6 is 0 Å². The zero-order chi connectivity index (χ0) is 24.8. The second kappa shape index (κ2) is 11.3. The molecule has 0 aromatic heterocycles. The summed E-state index contributed by atoms with van der Waals surface area (Å²) in [7, 11) is 0. The van der Waals surface area contributed by atoms with E-state index in [1.807, 2.05) is 48.5 Å². The summed E-state index contributed by atoms with van der Waals surface area (Å²) in [6.07, 6.45) is 0.946. The Bertz CT molecular complexity index is 1030. The van der Waals surface area contributed by atoms with Crippen molar-refractivity contribution in [3.8, 4) is 11.1 Å². The van der Waals surface area contributed by atoms with Crippen LogP contribution in [0.1, 0.15) is 49.1 Å². The molecule has 0 bridgehead atoms. The summed E-state index contributed by atoms with van der Waals surface area (Å²) in [5.41, 5.74) is 4.37. The molecule has 1 aliphatic carbocycles. The topological polar surface area (TPSA) is 95.9 Å². The van der Waals surface area contributed by atoms with Crippen LogP contribution in [0.25, 0.3) is 11.1 Å². The number of carboxylic acid groups (broad SMARTS) is 1. The molecule has 4 rings (SSSR count). The molecule has 2 amide bonds. The Morgan fingerprint density at radius 2 is 1.74 bits per heavy atom. The molecule has 0 saturated carbocycles. The minimum absolute atomic E-state index is 0.0390. The number of halogens is 1. The normalized spacial score (nSPS) is 17.9. The van der Waals surface area contributed by atoms with E-state index in [1.54, 1.807) is 4.90 Å². The summed E-state index contributed by atoms with van der Waals surface area (Å²) in [4.78, 5) is 38.6. The molecule has 2 aromatic carbocycles. The van der Waals surface area contributed by atoms with Gasteiger partial charge in [-0.25, -0.2) is 4.79 Å². The number of carbonyl (C=O) groups excluding carboxylic acids is 2. The monoisotopic (exact) mass is 482 g/mol. The van der Waals surface area contributed by atoms with Crippen molar-refractivity contribution in [3.05, 3.63) is 59.7 Å². The Hall–Kier alpha value is -3.42. The van der Waals surface area contributed by atoms with Crippen LogP contribution in [-0.2, 0) is 14.3 Å². The number of rotatable bonds is 9. The van der Waals surface area contributed by atoms with E-state index in [0.29, 0.717) is 19.5 Å². The van der Waals surface area contributed by atoms with Crippen molar-refractivity contribution in [2.75, 3.05) is 26.4 Å². The number of likely N-dealkylation sites (tertiary alicyclic amines) is 1. The van der Waals surface area contributed by atoms with Gasteiger partial charge < -0.3 is 20.1 Å². The first-order chi connectivity index (χ1) is 17.0. The van der Waals surface area contributed by atoms with Crippen LogP contribution in [0.5, 0.6) is 0 Å². The number of nitrogens with one attached hydrogen (secondary N) is 1. The third-order valence-electron chi connectivity index (χ3n) is 6.93. The van der Waals surface area contributed by atoms with E-state index in [0.717, 1.165) is 35.1 Å². The minimum atomic E-state index is -1.05. The fourth-order valence-corrected chi connectivity index (χ4v) is 5.18. The summed E-state index contributed by atoms with van der Waals surface area (Å²) < 4.78 is 18.4. The first-order valence-electron chi connectivity index (χ1n) is 12.2. The number of carbonyl (C=O) groups is 3. The van der Waals surface area contributed by atoms with Gasteiger partial charge in [0.1, 0.15) is 12.6 Å². The molecule has 8 heteroatoms. The highest BCUT2D eigenvalue weighted by Gasteiger charge is 2.32. The lowest BCUT2D eigenvalue weighted by molar-refractivity contribution is -0.138. The van der Waals surface area contributed by atoms with Gasteiger partial charge in [-0.05, 0) is 53.9 Å². The molecule has 7 nitrogen and oxygen atoms in total.